The van der Waals surface area contributed by atoms with E-state index in [1.54, 1.807) is 7.11 Å². The van der Waals surface area contributed by atoms with E-state index in [0.717, 1.165) is 43.7 Å². The molecule has 6 nitrogen and oxygen atoms in total. The van der Waals surface area contributed by atoms with Gasteiger partial charge in [0.25, 0.3) is 0 Å². The highest BCUT2D eigenvalue weighted by molar-refractivity contribution is 5.92. The van der Waals surface area contributed by atoms with Crippen molar-refractivity contribution in [3.05, 3.63) is 29.8 Å². The third-order valence-electron chi connectivity index (χ3n) is 3.69. The zero-order valence-electron chi connectivity index (χ0n) is 13.8. The Labute approximate surface area is 138 Å². The van der Waals surface area contributed by atoms with Gasteiger partial charge < -0.3 is 25.3 Å². The molecule has 1 aliphatic rings. The van der Waals surface area contributed by atoms with Gasteiger partial charge in [0.2, 0.25) is 0 Å². The van der Waals surface area contributed by atoms with E-state index >= 15 is 0 Å². The molecule has 0 spiro atoms. The molecule has 128 valence electrons. The van der Waals surface area contributed by atoms with Gasteiger partial charge in [0.05, 0.1) is 12.7 Å². The number of nitrogens with two attached hydrogens (primary N) is 1. The minimum atomic E-state index is 0.337. The predicted molar refractivity (Wildman–Crippen MR) is 91.7 cm³/mol. The summed E-state index contributed by atoms with van der Waals surface area (Å²) in [5.41, 5.74) is 7.91. The van der Waals surface area contributed by atoms with E-state index in [9.17, 15) is 0 Å². The standard InChI is InChI=1S/C17H27N3O3/c1-21-13-14-5-2-3-6-16(14)20-17(18)19-9-4-10-23-15-7-11-22-12-8-15/h2-3,5-6,15H,4,7-13H2,1H3,(H3,18,19,20). The average molecular weight is 321 g/mol. The summed E-state index contributed by atoms with van der Waals surface area (Å²) in [5, 5.41) is 3.13. The van der Waals surface area contributed by atoms with Gasteiger partial charge in [0.1, 0.15) is 0 Å². The van der Waals surface area contributed by atoms with Crippen molar-refractivity contribution in [1.82, 2.24) is 0 Å². The number of para-hydroxylation sites is 1. The van der Waals surface area contributed by atoms with Crippen LogP contribution in [0.1, 0.15) is 24.8 Å². The Balaban J connectivity index is 1.68. The van der Waals surface area contributed by atoms with Gasteiger partial charge in [-0.3, -0.25) is 4.99 Å². The number of nitrogens with zero attached hydrogens (tertiary/aromatic N) is 1. The third kappa shape index (κ3) is 6.56. The summed E-state index contributed by atoms with van der Waals surface area (Å²) < 4.78 is 16.3. The summed E-state index contributed by atoms with van der Waals surface area (Å²) in [4.78, 5) is 4.34. The molecular weight excluding hydrogens is 294 g/mol. The molecule has 0 aliphatic carbocycles. The minimum Gasteiger partial charge on any atom is -0.381 e. The number of methoxy groups -OCH3 is 1. The fourth-order valence-corrected chi connectivity index (χ4v) is 2.46. The molecule has 1 saturated heterocycles. The molecule has 2 rings (SSSR count). The SMILES string of the molecule is COCc1ccccc1NC(N)=NCCCOC1CCOCC1. The van der Waals surface area contributed by atoms with Gasteiger partial charge in [-0.25, -0.2) is 0 Å². The topological polar surface area (TPSA) is 78.1 Å². The van der Waals surface area contributed by atoms with Gasteiger partial charge in [-0.2, -0.15) is 0 Å². The van der Waals surface area contributed by atoms with Gasteiger partial charge in [0, 0.05) is 44.7 Å². The highest BCUT2D eigenvalue weighted by Crippen LogP contribution is 2.15. The summed E-state index contributed by atoms with van der Waals surface area (Å²) in [5.74, 6) is 0.416. The Bertz CT molecular complexity index is 488. The first-order valence-electron chi connectivity index (χ1n) is 8.12. The first kappa shape index (κ1) is 17.7. The summed E-state index contributed by atoms with van der Waals surface area (Å²) >= 11 is 0. The second-order valence-electron chi connectivity index (χ2n) is 5.52. The molecule has 1 heterocycles. The number of nitrogens with one attached hydrogen (secondary N) is 1. The molecule has 0 unspecified atom stereocenters. The van der Waals surface area contributed by atoms with Crippen molar-refractivity contribution in [1.29, 1.82) is 0 Å². The normalized spacial score (nSPS) is 16.5. The molecule has 0 saturated carbocycles. The number of benzene rings is 1. The van der Waals surface area contributed by atoms with Crippen molar-refractivity contribution < 1.29 is 14.2 Å². The largest absolute Gasteiger partial charge is 0.381 e. The molecule has 6 heteroatoms. The van der Waals surface area contributed by atoms with Crippen LogP contribution in [-0.2, 0) is 20.8 Å². The highest BCUT2D eigenvalue weighted by atomic mass is 16.5. The van der Waals surface area contributed by atoms with Crippen molar-refractivity contribution in [3.63, 3.8) is 0 Å². The van der Waals surface area contributed by atoms with Crippen LogP contribution in [0.25, 0.3) is 0 Å². The maximum atomic E-state index is 5.94. The summed E-state index contributed by atoms with van der Waals surface area (Å²) in [6.45, 7) is 3.51. The van der Waals surface area contributed by atoms with Gasteiger partial charge in [-0.05, 0) is 25.3 Å². The number of hydrogen-bond donors (Lipinski definition) is 2. The first-order chi connectivity index (χ1) is 11.3. The molecule has 1 aromatic carbocycles. The number of hydrogen-bond acceptors (Lipinski definition) is 4. The Hall–Kier alpha value is -1.63. The van der Waals surface area contributed by atoms with Crippen molar-refractivity contribution >= 4 is 11.6 Å². The van der Waals surface area contributed by atoms with E-state index in [-0.39, 0.29) is 0 Å². The second kappa shape index (κ2) is 10.2. The maximum absolute atomic E-state index is 5.94. The molecule has 3 N–H and O–H groups in total. The van der Waals surface area contributed by atoms with Crippen LogP contribution >= 0.6 is 0 Å². The molecule has 1 aliphatic heterocycles. The zero-order valence-corrected chi connectivity index (χ0v) is 13.8. The molecule has 1 fully saturated rings. The van der Waals surface area contributed by atoms with E-state index in [0.29, 0.717) is 31.8 Å². The van der Waals surface area contributed by atoms with E-state index in [1.807, 2.05) is 24.3 Å². The zero-order chi connectivity index (χ0) is 16.3. The molecule has 0 radical (unpaired) electrons. The fourth-order valence-electron chi connectivity index (χ4n) is 2.46. The quantitative estimate of drug-likeness (QED) is 0.436. The third-order valence-corrected chi connectivity index (χ3v) is 3.69. The van der Waals surface area contributed by atoms with Crippen LogP contribution < -0.4 is 11.1 Å². The Morgan fingerprint density at radius 3 is 2.91 bits per heavy atom. The summed E-state index contributed by atoms with van der Waals surface area (Å²) in [7, 11) is 1.67. The summed E-state index contributed by atoms with van der Waals surface area (Å²) in [6, 6.07) is 7.89. The molecule has 0 aromatic heterocycles. The van der Waals surface area contributed by atoms with Crippen LogP contribution in [0.15, 0.2) is 29.3 Å². The van der Waals surface area contributed by atoms with E-state index in [2.05, 4.69) is 10.3 Å². The highest BCUT2D eigenvalue weighted by Gasteiger charge is 2.13. The second-order valence-corrected chi connectivity index (χ2v) is 5.52. The number of rotatable bonds is 8. The van der Waals surface area contributed by atoms with Crippen LogP contribution in [0.5, 0.6) is 0 Å². The first-order valence-corrected chi connectivity index (χ1v) is 8.12. The van der Waals surface area contributed by atoms with Crippen molar-refractivity contribution in [3.8, 4) is 0 Å². The Morgan fingerprint density at radius 1 is 1.35 bits per heavy atom. The lowest BCUT2D eigenvalue weighted by Crippen LogP contribution is -2.25. The van der Waals surface area contributed by atoms with E-state index in [4.69, 9.17) is 19.9 Å². The van der Waals surface area contributed by atoms with Gasteiger partial charge in [0.15, 0.2) is 5.96 Å². The average Bonchev–Trinajstić information content (AvgIpc) is 2.57. The van der Waals surface area contributed by atoms with Crippen LogP contribution in [0.3, 0.4) is 0 Å². The lowest BCUT2D eigenvalue weighted by atomic mass is 10.1. The Kier molecular flexibility index (Phi) is 7.86. The van der Waals surface area contributed by atoms with E-state index < -0.39 is 0 Å². The monoisotopic (exact) mass is 321 g/mol. The smallest absolute Gasteiger partial charge is 0.193 e. The van der Waals surface area contributed by atoms with Gasteiger partial charge in [-0.1, -0.05) is 18.2 Å². The molecule has 0 bridgehead atoms. The van der Waals surface area contributed by atoms with Gasteiger partial charge in [-0.15, -0.1) is 0 Å². The van der Waals surface area contributed by atoms with Crippen LogP contribution in [0.2, 0.25) is 0 Å². The van der Waals surface area contributed by atoms with Crippen LogP contribution in [0, 0.1) is 0 Å². The predicted octanol–water partition coefficient (Wildman–Crippen LogP) is 2.15. The minimum absolute atomic E-state index is 0.337. The van der Waals surface area contributed by atoms with Crippen molar-refractivity contribution in [2.24, 2.45) is 10.7 Å². The lowest BCUT2D eigenvalue weighted by Gasteiger charge is -2.22. The summed E-state index contributed by atoms with van der Waals surface area (Å²) in [6.07, 6.45) is 3.18. The van der Waals surface area contributed by atoms with Crippen LogP contribution in [0.4, 0.5) is 5.69 Å². The number of ether oxygens (including phenoxy) is 3. The number of guanidine groups is 1. The molecule has 0 amide bonds. The maximum Gasteiger partial charge on any atom is 0.193 e. The molecule has 0 atom stereocenters. The van der Waals surface area contributed by atoms with Gasteiger partial charge >= 0.3 is 0 Å². The van der Waals surface area contributed by atoms with Crippen LogP contribution in [-0.4, -0.2) is 45.5 Å². The lowest BCUT2D eigenvalue weighted by molar-refractivity contribution is -0.0318. The Morgan fingerprint density at radius 2 is 2.13 bits per heavy atom. The molecule has 23 heavy (non-hydrogen) atoms. The van der Waals surface area contributed by atoms with Crippen molar-refractivity contribution in [2.75, 3.05) is 38.8 Å². The number of anilines is 1. The molecule has 1 aromatic rings. The number of aliphatic imine (C=N–C) groups is 1. The van der Waals surface area contributed by atoms with Crippen molar-refractivity contribution in [2.45, 2.75) is 32.0 Å². The fraction of sp³-hybridized carbons (Fsp3) is 0.588. The van der Waals surface area contributed by atoms with E-state index in [1.165, 1.54) is 0 Å². The molecular formula is C17H27N3O3.